The first-order valence-corrected chi connectivity index (χ1v) is 11.9. The third kappa shape index (κ3) is 16.4. The molecule has 0 heterocycles. The predicted octanol–water partition coefficient (Wildman–Crippen LogP) is 4.74. The fourth-order valence-electron chi connectivity index (χ4n) is 2.26. The smallest absolute Gasteiger partial charge is 0 e. The van der Waals surface area contributed by atoms with Crippen molar-refractivity contribution in [1.82, 2.24) is 0 Å². The molecule has 0 amide bonds. The summed E-state index contributed by atoms with van der Waals surface area (Å²) in [5, 5.41) is 0.209. The summed E-state index contributed by atoms with van der Waals surface area (Å²) in [6.07, 6.45) is 10.9. The molecule has 0 aromatic heterocycles. The van der Waals surface area contributed by atoms with Crippen LogP contribution >= 0.6 is 0 Å². The maximum Gasteiger partial charge on any atom is 0 e. The van der Waals surface area contributed by atoms with Gasteiger partial charge in [0, 0.05) is 23.5 Å². The summed E-state index contributed by atoms with van der Waals surface area (Å²) in [7, 11) is -1.77. The van der Waals surface area contributed by atoms with Crippen LogP contribution in [0.25, 0.3) is 0 Å². The van der Waals surface area contributed by atoms with Crippen molar-refractivity contribution in [3.05, 3.63) is 44.3 Å². The van der Waals surface area contributed by atoms with Crippen LogP contribution in [-0.2, 0) is 45.0 Å². The SMILES string of the molecule is CCOC(=O)CC[C@@H]1C=CC=C[C@@H](O[Si](C)(C)C(C)(C)C)C1.[C-]#[O+].[C-]#[O+].[C-]#[O+].[Fe]. The van der Waals surface area contributed by atoms with Crippen molar-refractivity contribution in [1.29, 1.82) is 0 Å². The van der Waals surface area contributed by atoms with E-state index < -0.39 is 8.32 Å². The minimum Gasteiger partial charge on any atom is 0 e. The van der Waals surface area contributed by atoms with Gasteiger partial charge in [0.1, 0.15) is 0 Å². The van der Waals surface area contributed by atoms with Crippen molar-refractivity contribution in [2.24, 2.45) is 5.92 Å². The Morgan fingerprint density at radius 2 is 1.55 bits per heavy atom. The molecule has 0 saturated carbocycles. The van der Waals surface area contributed by atoms with Gasteiger partial charge in [0.25, 0.3) is 0 Å². The zero-order chi connectivity index (χ0) is 22.8. The molecule has 29 heavy (non-hydrogen) atoms. The monoisotopic (exact) mass is 464 g/mol. The molecule has 1 aliphatic rings. The number of allylic oxidation sites excluding steroid dienone is 3. The zero-order valence-corrected chi connectivity index (χ0v) is 20.2. The molecule has 0 radical (unpaired) electrons. The van der Waals surface area contributed by atoms with E-state index >= 15 is 0 Å². The Bertz CT molecular complexity index is 529. The number of carbonyl (C=O) groups is 1. The van der Waals surface area contributed by atoms with Gasteiger partial charge in [-0.05, 0) is 43.8 Å². The van der Waals surface area contributed by atoms with Crippen LogP contribution in [0, 0.1) is 25.9 Å². The van der Waals surface area contributed by atoms with Crippen molar-refractivity contribution in [3.63, 3.8) is 0 Å². The van der Waals surface area contributed by atoms with E-state index in [1.54, 1.807) is 0 Å². The number of rotatable bonds is 6. The van der Waals surface area contributed by atoms with Gasteiger partial charge in [0.15, 0.2) is 8.32 Å². The van der Waals surface area contributed by atoms with Crippen molar-refractivity contribution >= 4 is 14.3 Å². The van der Waals surface area contributed by atoms with E-state index in [-0.39, 0.29) is 34.2 Å². The summed E-state index contributed by atoms with van der Waals surface area (Å²) in [6.45, 7) is 27.1. The Kier molecular flexibility index (Phi) is 24.5. The van der Waals surface area contributed by atoms with Gasteiger partial charge in [-0.15, -0.1) is 0 Å². The van der Waals surface area contributed by atoms with Gasteiger partial charge in [-0.2, -0.15) is 0 Å². The average molecular weight is 464 g/mol. The first-order valence-electron chi connectivity index (χ1n) is 8.95. The normalized spacial score (nSPS) is 17.2. The van der Waals surface area contributed by atoms with Gasteiger partial charge in [-0.25, -0.2) is 0 Å². The second kappa shape index (κ2) is 20.2. The van der Waals surface area contributed by atoms with Crippen LogP contribution in [0.4, 0.5) is 0 Å². The van der Waals surface area contributed by atoms with E-state index in [0.29, 0.717) is 18.9 Å². The molecular formula is C21H32FeO6Si. The summed E-state index contributed by atoms with van der Waals surface area (Å²) in [5.41, 5.74) is 0. The Balaban J connectivity index is -0.000000407. The number of hydrogen-bond acceptors (Lipinski definition) is 3. The van der Waals surface area contributed by atoms with Crippen LogP contribution in [0.5, 0.6) is 0 Å². The quantitative estimate of drug-likeness (QED) is 0.246. The van der Waals surface area contributed by atoms with Crippen LogP contribution in [0.15, 0.2) is 24.3 Å². The summed E-state index contributed by atoms with van der Waals surface area (Å²) in [4.78, 5) is 11.5. The van der Waals surface area contributed by atoms with E-state index in [4.69, 9.17) is 23.1 Å². The van der Waals surface area contributed by atoms with E-state index in [9.17, 15) is 4.79 Å². The molecule has 0 N–H and O–H groups in total. The topological polar surface area (TPSA) is 95.2 Å². The minimum atomic E-state index is -1.77. The van der Waals surface area contributed by atoms with Crippen molar-refractivity contribution in [2.75, 3.05) is 6.61 Å². The first-order chi connectivity index (χ1) is 13.2. The molecule has 0 saturated heterocycles. The number of esters is 1. The minimum absolute atomic E-state index is 0. The molecule has 1 aliphatic carbocycles. The second-order valence-electron chi connectivity index (χ2n) is 7.53. The maximum absolute atomic E-state index is 11.5. The van der Waals surface area contributed by atoms with Crippen LogP contribution in [0.3, 0.4) is 0 Å². The zero-order valence-electron chi connectivity index (χ0n) is 18.1. The van der Waals surface area contributed by atoms with Gasteiger partial charge in [-0.1, -0.05) is 45.1 Å². The van der Waals surface area contributed by atoms with E-state index in [1.165, 1.54) is 0 Å². The van der Waals surface area contributed by atoms with E-state index in [0.717, 1.165) is 12.8 Å². The summed E-state index contributed by atoms with van der Waals surface area (Å²) in [6, 6.07) is 0. The number of hydrogen-bond donors (Lipinski definition) is 0. The molecule has 0 fully saturated rings. The summed E-state index contributed by atoms with van der Waals surface area (Å²) >= 11 is 0. The molecule has 6 nitrogen and oxygen atoms in total. The van der Waals surface area contributed by atoms with Crippen LogP contribution < -0.4 is 0 Å². The van der Waals surface area contributed by atoms with Crippen molar-refractivity contribution < 1.29 is 45.0 Å². The molecule has 2 atom stereocenters. The molecule has 0 aliphatic heterocycles. The molecule has 1 rings (SSSR count). The number of ether oxygens (including phenoxy) is 1. The van der Waals surface area contributed by atoms with E-state index in [2.05, 4.69) is 78.1 Å². The molecule has 0 spiro atoms. The molecule has 0 aromatic carbocycles. The van der Waals surface area contributed by atoms with Gasteiger partial charge >= 0.3 is 39.9 Å². The third-order valence-electron chi connectivity index (χ3n) is 4.63. The fourth-order valence-corrected chi connectivity index (χ4v) is 3.54. The molecule has 0 aromatic rings. The number of carbonyl (C=O) groups excluding carboxylic acids is 1. The molecule has 164 valence electrons. The molecule has 8 heteroatoms. The van der Waals surface area contributed by atoms with E-state index in [1.807, 2.05) is 6.92 Å². The Morgan fingerprint density at radius 3 is 2.00 bits per heavy atom. The van der Waals surface area contributed by atoms with Crippen molar-refractivity contribution in [2.45, 2.75) is 71.2 Å². The second-order valence-corrected chi connectivity index (χ2v) is 12.3. The fraction of sp³-hybridized carbons (Fsp3) is 0.619. The molecular weight excluding hydrogens is 432 g/mol. The van der Waals surface area contributed by atoms with Gasteiger partial charge < -0.3 is 9.16 Å². The first kappa shape index (κ1) is 35.3. The van der Waals surface area contributed by atoms with Crippen LogP contribution in [0.2, 0.25) is 18.1 Å². The summed E-state index contributed by atoms with van der Waals surface area (Å²) < 4.78 is 34.0. The largest absolute Gasteiger partial charge is 0 e. The third-order valence-corrected chi connectivity index (χ3v) is 9.14. The molecule has 0 unspecified atom stereocenters. The molecule has 0 bridgehead atoms. The Labute approximate surface area is 187 Å². The van der Waals surface area contributed by atoms with Gasteiger partial charge in [-0.3, -0.25) is 4.79 Å². The van der Waals surface area contributed by atoms with Gasteiger partial charge in [0.05, 0.1) is 12.7 Å². The van der Waals surface area contributed by atoms with Gasteiger partial charge in [0.2, 0.25) is 0 Å². The van der Waals surface area contributed by atoms with Crippen LogP contribution in [-0.4, -0.2) is 27.0 Å². The standard InChI is InChI=1S/C18H32O3Si.3CO.Fe/c1-7-20-17(19)13-12-15-10-8-9-11-16(14-15)21-22(5,6)18(2,3)4;3*1-2;/h8-11,15-16H,7,12-14H2,1-6H3;;;;/t15-,16+;;;;/m0..../s1. The van der Waals surface area contributed by atoms with Crippen LogP contribution in [0.1, 0.15) is 47.0 Å². The Hall–Kier alpha value is -1.13. The van der Waals surface area contributed by atoms with Crippen molar-refractivity contribution in [3.8, 4) is 0 Å². The Morgan fingerprint density at radius 1 is 1.07 bits per heavy atom. The average Bonchev–Trinajstić information content (AvgIpc) is 2.89. The predicted molar refractivity (Wildman–Crippen MR) is 106 cm³/mol. The maximum atomic E-state index is 11.5. The summed E-state index contributed by atoms with van der Waals surface area (Å²) in [5.74, 6) is 0.268.